The Kier molecular flexibility index (Phi) is 4.27. The Morgan fingerprint density at radius 1 is 1.24 bits per heavy atom. The number of hydrogen-bond donors (Lipinski definition) is 2. The lowest BCUT2D eigenvalue weighted by Crippen LogP contribution is -2.48. The summed E-state index contributed by atoms with van der Waals surface area (Å²) in [5.74, 6) is 0.0761. The molecule has 2 fully saturated rings. The van der Waals surface area contributed by atoms with Gasteiger partial charge < -0.3 is 10.6 Å². The van der Waals surface area contributed by atoms with Gasteiger partial charge in [-0.1, -0.05) is 17.7 Å². The highest BCUT2D eigenvalue weighted by Gasteiger charge is 2.35. The van der Waals surface area contributed by atoms with Gasteiger partial charge in [0.05, 0.1) is 6.54 Å². The number of carbonyl (C=O) groups is 1. The van der Waals surface area contributed by atoms with E-state index in [2.05, 4.69) is 22.6 Å². The summed E-state index contributed by atoms with van der Waals surface area (Å²) in [5, 5.41) is 6.63. The minimum Gasteiger partial charge on any atom is -0.325 e. The van der Waals surface area contributed by atoms with Crippen LogP contribution in [0, 0.1) is 6.92 Å². The summed E-state index contributed by atoms with van der Waals surface area (Å²) in [4.78, 5) is 14.4. The van der Waals surface area contributed by atoms with Gasteiger partial charge in [0.1, 0.15) is 0 Å². The normalized spacial score (nSPS) is 27.9. The van der Waals surface area contributed by atoms with Crippen molar-refractivity contribution in [3.63, 3.8) is 0 Å². The van der Waals surface area contributed by atoms with Crippen LogP contribution in [0.2, 0.25) is 0 Å². The summed E-state index contributed by atoms with van der Waals surface area (Å²) < 4.78 is 0. The number of nitrogens with one attached hydrogen (secondary N) is 2. The van der Waals surface area contributed by atoms with Crippen LogP contribution in [-0.2, 0) is 4.79 Å². The van der Waals surface area contributed by atoms with Crippen molar-refractivity contribution in [1.82, 2.24) is 10.2 Å². The van der Waals surface area contributed by atoms with E-state index in [0.29, 0.717) is 24.7 Å². The topological polar surface area (TPSA) is 44.4 Å². The zero-order valence-corrected chi connectivity index (χ0v) is 12.9. The molecule has 4 heteroatoms. The van der Waals surface area contributed by atoms with E-state index in [9.17, 15) is 4.79 Å². The summed E-state index contributed by atoms with van der Waals surface area (Å²) in [6, 6.07) is 9.81. The SMILES string of the molecule is Cc1ccc(NC(=O)CN(C)C2CC3CCC(C2)N3)cc1. The van der Waals surface area contributed by atoms with Gasteiger partial charge in [0.25, 0.3) is 0 Å². The van der Waals surface area contributed by atoms with Crippen molar-refractivity contribution < 1.29 is 4.79 Å². The molecule has 2 atom stereocenters. The molecule has 4 nitrogen and oxygen atoms in total. The summed E-state index contributed by atoms with van der Waals surface area (Å²) in [7, 11) is 2.07. The molecule has 2 unspecified atom stereocenters. The molecule has 1 aromatic rings. The lowest BCUT2D eigenvalue weighted by molar-refractivity contribution is -0.117. The zero-order chi connectivity index (χ0) is 14.8. The Hall–Kier alpha value is -1.39. The molecule has 2 bridgehead atoms. The van der Waals surface area contributed by atoms with Crippen LogP contribution in [0.4, 0.5) is 5.69 Å². The third kappa shape index (κ3) is 3.63. The van der Waals surface area contributed by atoms with Crippen molar-refractivity contribution >= 4 is 11.6 Å². The van der Waals surface area contributed by atoms with Crippen LogP contribution in [0.25, 0.3) is 0 Å². The molecule has 2 N–H and O–H groups in total. The van der Waals surface area contributed by atoms with E-state index in [1.54, 1.807) is 0 Å². The maximum Gasteiger partial charge on any atom is 0.238 e. The molecule has 2 saturated heterocycles. The third-order valence-electron chi connectivity index (χ3n) is 4.80. The van der Waals surface area contributed by atoms with Crippen molar-refractivity contribution in [2.75, 3.05) is 18.9 Å². The number of amides is 1. The fourth-order valence-electron chi connectivity index (χ4n) is 3.58. The van der Waals surface area contributed by atoms with Crippen molar-refractivity contribution in [2.24, 2.45) is 0 Å². The molecule has 0 radical (unpaired) electrons. The second-order valence-electron chi connectivity index (χ2n) is 6.59. The number of nitrogens with zero attached hydrogens (tertiary/aromatic N) is 1. The van der Waals surface area contributed by atoms with E-state index < -0.39 is 0 Å². The van der Waals surface area contributed by atoms with E-state index in [1.165, 1.54) is 31.2 Å². The molecule has 0 saturated carbocycles. The highest BCUT2D eigenvalue weighted by Crippen LogP contribution is 2.29. The number of hydrogen-bond acceptors (Lipinski definition) is 3. The predicted molar refractivity (Wildman–Crippen MR) is 85.4 cm³/mol. The molecular weight excluding hydrogens is 262 g/mol. The second kappa shape index (κ2) is 6.16. The van der Waals surface area contributed by atoms with E-state index >= 15 is 0 Å². The summed E-state index contributed by atoms with van der Waals surface area (Å²) in [5.41, 5.74) is 2.08. The second-order valence-corrected chi connectivity index (χ2v) is 6.59. The minimum atomic E-state index is 0.0761. The largest absolute Gasteiger partial charge is 0.325 e. The van der Waals surface area contributed by atoms with E-state index in [1.807, 2.05) is 31.2 Å². The number of fused-ring (bicyclic) bond motifs is 2. The molecule has 21 heavy (non-hydrogen) atoms. The van der Waals surface area contributed by atoms with Gasteiger partial charge in [0, 0.05) is 23.8 Å². The van der Waals surface area contributed by atoms with Gasteiger partial charge in [0.2, 0.25) is 5.91 Å². The first-order valence-electron chi connectivity index (χ1n) is 7.93. The van der Waals surface area contributed by atoms with Crippen LogP contribution < -0.4 is 10.6 Å². The third-order valence-corrected chi connectivity index (χ3v) is 4.80. The van der Waals surface area contributed by atoms with Crippen LogP contribution in [0.3, 0.4) is 0 Å². The molecule has 1 aromatic carbocycles. The summed E-state index contributed by atoms with van der Waals surface area (Å²) >= 11 is 0. The molecule has 0 spiro atoms. The van der Waals surface area contributed by atoms with Crippen LogP contribution in [0.1, 0.15) is 31.2 Å². The van der Waals surface area contributed by atoms with E-state index in [4.69, 9.17) is 0 Å². The number of piperidine rings is 1. The van der Waals surface area contributed by atoms with E-state index in [0.717, 1.165) is 5.69 Å². The first-order valence-corrected chi connectivity index (χ1v) is 7.93. The number of aryl methyl sites for hydroxylation is 1. The molecule has 1 amide bonds. The molecule has 2 aliphatic rings. The molecule has 2 aliphatic heterocycles. The van der Waals surface area contributed by atoms with Crippen LogP contribution in [0.15, 0.2) is 24.3 Å². The maximum absolute atomic E-state index is 12.2. The average Bonchev–Trinajstić information content (AvgIpc) is 2.80. The fourth-order valence-corrected chi connectivity index (χ4v) is 3.58. The molecule has 0 aromatic heterocycles. The minimum absolute atomic E-state index is 0.0761. The van der Waals surface area contributed by atoms with Crippen molar-refractivity contribution in [1.29, 1.82) is 0 Å². The summed E-state index contributed by atoms with van der Waals surface area (Å²) in [6.45, 7) is 2.52. The maximum atomic E-state index is 12.2. The standard InChI is InChI=1S/C17H25N3O/c1-12-3-5-13(6-4-12)19-17(21)11-20(2)16-9-14-7-8-15(10-16)18-14/h3-6,14-16,18H,7-11H2,1-2H3,(H,19,21). The van der Waals surface area contributed by atoms with Crippen molar-refractivity contribution in [3.05, 3.63) is 29.8 Å². The fraction of sp³-hybridized carbons (Fsp3) is 0.588. The van der Waals surface area contributed by atoms with Crippen molar-refractivity contribution in [3.8, 4) is 0 Å². The molecule has 2 heterocycles. The smallest absolute Gasteiger partial charge is 0.238 e. The Morgan fingerprint density at radius 2 is 1.86 bits per heavy atom. The molecule has 114 valence electrons. The van der Waals surface area contributed by atoms with E-state index in [-0.39, 0.29) is 5.91 Å². The first-order chi connectivity index (χ1) is 10.1. The number of rotatable bonds is 4. The van der Waals surface area contributed by atoms with Gasteiger partial charge in [0.15, 0.2) is 0 Å². The predicted octanol–water partition coefficient (Wildman–Crippen LogP) is 2.15. The molecular formula is C17H25N3O. The average molecular weight is 287 g/mol. The quantitative estimate of drug-likeness (QED) is 0.892. The van der Waals surface area contributed by atoms with Gasteiger partial charge >= 0.3 is 0 Å². The Balaban J connectivity index is 1.51. The first kappa shape index (κ1) is 14.5. The van der Waals surface area contributed by atoms with Gasteiger partial charge in [-0.05, 0) is 51.8 Å². The Bertz CT molecular complexity index is 487. The molecule has 0 aliphatic carbocycles. The number of benzene rings is 1. The molecule has 3 rings (SSSR count). The van der Waals surface area contributed by atoms with Gasteiger partial charge in [-0.15, -0.1) is 0 Å². The van der Waals surface area contributed by atoms with Crippen LogP contribution in [0.5, 0.6) is 0 Å². The van der Waals surface area contributed by atoms with Gasteiger partial charge in [-0.3, -0.25) is 9.69 Å². The number of anilines is 1. The number of carbonyl (C=O) groups excluding carboxylic acids is 1. The highest BCUT2D eigenvalue weighted by atomic mass is 16.2. The van der Waals surface area contributed by atoms with Crippen LogP contribution in [-0.4, -0.2) is 42.5 Å². The zero-order valence-electron chi connectivity index (χ0n) is 12.9. The lowest BCUT2D eigenvalue weighted by Gasteiger charge is -2.35. The summed E-state index contributed by atoms with van der Waals surface area (Å²) in [6.07, 6.45) is 4.94. The van der Waals surface area contributed by atoms with Crippen LogP contribution >= 0.6 is 0 Å². The van der Waals surface area contributed by atoms with Gasteiger partial charge in [-0.2, -0.15) is 0 Å². The Morgan fingerprint density at radius 3 is 2.48 bits per heavy atom. The highest BCUT2D eigenvalue weighted by molar-refractivity contribution is 5.92. The van der Waals surface area contributed by atoms with Crippen molar-refractivity contribution in [2.45, 2.75) is 50.7 Å². The Labute approximate surface area is 126 Å². The van der Waals surface area contributed by atoms with Gasteiger partial charge in [-0.25, -0.2) is 0 Å². The number of likely N-dealkylation sites (N-methyl/N-ethyl adjacent to an activating group) is 1. The monoisotopic (exact) mass is 287 g/mol. The lowest BCUT2D eigenvalue weighted by atomic mass is 9.98.